The van der Waals surface area contributed by atoms with Gasteiger partial charge < -0.3 is 5.32 Å². The minimum absolute atomic E-state index is 0.0734. The molecule has 1 aromatic carbocycles. The van der Waals surface area contributed by atoms with E-state index < -0.39 is 11.7 Å². The molecule has 16 heavy (non-hydrogen) atoms. The maximum atomic E-state index is 12.4. The number of benzodiazepines with no additional fused rings is 1. The van der Waals surface area contributed by atoms with Crippen molar-refractivity contribution in [2.75, 3.05) is 11.9 Å². The summed E-state index contributed by atoms with van der Waals surface area (Å²) in [7, 11) is 0. The highest BCUT2D eigenvalue weighted by Gasteiger charge is 2.31. The van der Waals surface area contributed by atoms with Crippen LogP contribution in [0.2, 0.25) is 0 Å². The van der Waals surface area contributed by atoms with Gasteiger partial charge in [-0.05, 0) is 18.2 Å². The average Bonchev–Trinajstić information content (AvgIpc) is 2.35. The molecule has 2 rings (SSSR count). The summed E-state index contributed by atoms with van der Waals surface area (Å²) in [6.07, 6.45) is -3.12. The van der Waals surface area contributed by atoms with Gasteiger partial charge in [-0.15, -0.1) is 0 Å². The second-order valence-electron chi connectivity index (χ2n) is 3.32. The first-order chi connectivity index (χ1) is 7.47. The highest BCUT2D eigenvalue weighted by atomic mass is 19.4. The molecule has 0 saturated heterocycles. The molecule has 0 aromatic heterocycles. The van der Waals surface area contributed by atoms with Crippen LogP contribution in [0.1, 0.15) is 11.1 Å². The number of carbonyl (C=O) groups excluding carboxylic acids is 1. The number of hydrogen-bond donors (Lipinski definition) is 1. The Bertz CT molecular complexity index is 466. The van der Waals surface area contributed by atoms with Crippen LogP contribution in [0.4, 0.5) is 18.9 Å². The molecule has 1 N–H and O–H groups in total. The van der Waals surface area contributed by atoms with E-state index in [-0.39, 0.29) is 18.0 Å². The molecule has 0 radical (unpaired) electrons. The summed E-state index contributed by atoms with van der Waals surface area (Å²) in [5, 5.41) is 2.47. The Balaban J connectivity index is 2.46. The van der Waals surface area contributed by atoms with E-state index in [9.17, 15) is 18.0 Å². The Kier molecular flexibility index (Phi) is 2.41. The third-order valence-electron chi connectivity index (χ3n) is 2.12. The molecule has 1 aliphatic heterocycles. The average molecular weight is 228 g/mol. The van der Waals surface area contributed by atoms with E-state index >= 15 is 0 Å². The van der Waals surface area contributed by atoms with E-state index in [2.05, 4.69) is 10.3 Å². The zero-order valence-electron chi connectivity index (χ0n) is 8.01. The minimum Gasteiger partial charge on any atom is -0.324 e. The SMILES string of the molecule is O=C1CN=Cc2cc(C(F)(F)F)ccc2N1. The van der Waals surface area contributed by atoms with Gasteiger partial charge in [0.15, 0.2) is 0 Å². The second kappa shape index (κ2) is 3.62. The molecule has 0 spiro atoms. The van der Waals surface area contributed by atoms with Gasteiger partial charge in [0.2, 0.25) is 5.91 Å². The number of hydrogen-bond acceptors (Lipinski definition) is 2. The number of fused-ring (bicyclic) bond motifs is 1. The van der Waals surface area contributed by atoms with Crippen LogP contribution >= 0.6 is 0 Å². The number of carbonyl (C=O) groups is 1. The summed E-state index contributed by atoms with van der Waals surface area (Å²) in [6.45, 7) is -0.0734. The van der Waals surface area contributed by atoms with Crippen molar-refractivity contribution in [3.05, 3.63) is 29.3 Å². The number of rotatable bonds is 0. The van der Waals surface area contributed by atoms with Crippen molar-refractivity contribution in [2.45, 2.75) is 6.18 Å². The Morgan fingerprint density at radius 3 is 2.75 bits per heavy atom. The Morgan fingerprint density at radius 2 is 2.06 bits per heavy atom. The lowest BCUT2D eigenvalue weighted by Crippen LogP contribution is -2.14. The third-order valence-corrected chi connectivity index (χ3v) is 2.12. The van der Waals surface area contributed by atoms with Crippen LogP contribution in [0.3, 0.4) is 0 Å². The minimum atomic E-state index is -4.39. The second-order valence-corrected chi connectivity index (χ2v) is 3.32. The Morgan fingerprint density at radius 1 is 1.31 bits per heavy atom. The van der Waals surface area contributed by atoms with Gasteiger partial charge in [-0.3, -0.25) is 9.79 Å². The Labute approximate surface area is 89.0 Å². The van der Waals surface area contributed by atoms with Gasteiger partial charge in [-0.25, -0.2) is 0 Å². The zero-order valence-corrected chi connectivity index (χ0v) is 8.01. The number of benzene rings is 1. The van der Waals surface area contributed by atoms with Crippen LogP contribution in [0, 0.1) is 0 Å². The summed E-state index contributed by atoms with van der Waals surface area (Å²) in [6, 6.07) is 3.12. The van der Waals surface area contributed by atoms with Crippen LogP contribution in [0.15, 0.2) is 23.2 Å². The van der Waals surface area contributed by atoms with E-state index in [1.165, 1.54) is 12.3 Å². The van der Waals surface area contributed by atoms with Crippen LogP contribution in [0.5, 0.6) is 0 Å². The van der Waals surface area contributed by atoms with Crippen LogP contribution in [-0.4, -0.2) is 18.7 Å². The summed E-state index contributed by atoms with van der Waals surface area (Å²) < 4.78 is 37.2. The van der Waals surface area contributed by atoms with Crippen molar-refractivity contribution in [1.29, 1.82) is 0 Å². The highest BCUT2D eigenvalue weighted by Crippen LogP contribution is 2.31. The van der Waals surface area contributed by atoms with Gasteiger partial charge in [-0.2, -0.15) is 13.2 Å². The lowest BCUT2D eigenvalue weighted by atomic mass is 10.1. The molecular weight excluding hydrogens is 221 g/mol. The van der Waals surface area contributed by atoms with Crippen LogP contribution < -0.4 is 5.32 Å². The largest absolute Gasteiger partial charge is 0.416 e. The van der Waals surface area contributed by atoms with Crippen LogP contribution in [-0.2, 0) is 11.0 Å². The summed E-state index contributed by atoms with van der Waals surface area (Å²) in [5.41, 5.74) is -0.145. The number of nitrogens with one attached hydrogen (secondary N) is 1. The standard InChI is InChI=1S/C10H7F3N2O/c11-10(12,13)7-1-2-8-6(3-7)4-14-5-9(16)15-8/h1-4H,5H2,(H,15,16). The molecule has 1 aromatic rings. The van der Waals surface area contributed by atoms with Gasteiger partial charge in [0.1, 0.15) is 6.54 Å². The van der Waals surface area contributed by atoms with E-state index in [0.717, 1.165) is 12.1 Å². The summed E-state index contributed by atoms with van der Waals surface area (Å²) in [4.78, 5) is 14.8. The van der Waals surface area contributed by atoms with Gasteiger partial charge in [-0.1, -0.05) is 0 Å². The molecule has 0 atom stereocenters. The van der Waals surface area contributed by atoms with Crippen LogP contribution in [0.25, 0.3) is 0 Å². The predicted molar refractivity (Wildman–Crippen MR) is 52.5 cm³/mol. The number of anilines is 1. The molecule has 1 aliphatic rings. The van der Waals surface area contributed by atoms with Gasteiger partial charge in [0.25, 0.3) is 0 Å². The Hall–Kier alpha value is -1.85. The lowest BCUT2D eigenvalue weighted by molar-refractivity contribution is -0.137. The number of halogens is 3. The van der Waals surface area contributed by atoms with E-state index in [0.29, 0.717) is 5.69 Å². The lowest BCUT2D eigenvalue weighted by Gasteiger charge is -2.10. The first-order valence-corrected chi connectivity index (χ1v) is 4.48. The van der Waals surface area contributed by atoms with E-state index in [4.69, 9.17) is 0 Å². The highest BCUT2D eigenvalue weighted by molar-refractivity contribution is 6.01. The molecule has 0 bridgehead atoms. The molecular formula is C10H7F3N2O. The normalized spacial score (nSPS) is 15.3. The number of nitrogens with zero attached hydrogens (tertiary/aromatic N) is 1. The fourth-order valence-corrected chi connectivity index (χ4v) is 1.38. The molecule has 3 nitrogen and oxygen atoms in total. The van der Waals surface area contributed by atoms with Gasteiger partial charge in [0, 0.05) is 17.5 Å². The first-order valence-electron chi connectivity index (χ1n) is 4.48. The van der Waals surface area contributed by atoms with Crippen molar-refractivity contribution in [3.63, 3.8) is 0 Å². The molecule has 0 saturated carbocycles. The van der Waals surface area contributed by atoms with E-state index in [1.54, 1.807) is 0 Å². The smallest absolute Gasteiger partial charge is 0.324 e. The molecule has 0 fully saturated rings. The van der Waals surface area contributed by atoms with Crippen molar-refractivity contribution < 1.29 is 18.0 Å². The maximum absolute atomic E-state index is 12.4. The van der Waals surface area contributed by atoms with E-state index in [1.807, 2.05) is 0 Å². The quantitative estimate of drug-likeness (QED) is 0.725. The molecule has 0 unspecified atom stereocenters. The zero-order chi connectivity index (χ0) is 11.8. The number of aliphatic imine (C=N–C) groups is 1. The van der Waals surface area contributed by atoms with Crippen molar-refractivity contribution in [2.24, 2.45) is 4.99 Å². The topological polar surface area (TPSA) is 41.5 Å². The summed E-state index contributed by atoms with van der Waals surface area (Å²) >= 11 is 0. The molecule has 0 aliphatic carbocycles. The maximum Gasteiger partial charge on any atom is 0.416 e. The number of amides is 1. The first kappa shape index (κ1) is 10.7. The molecule has 6 heteroatoms. The molecule has 84 valence electrons. The predicted octanol–water partition coefficient (Wildman–Crippen LogP) is 2.08. The van der Waals surface area contributed by atoms with Gasteiger partial charge >= 0.3 is 6.18 Å². The van der Waals surface area contributed by atoms with Gasteiger partial charge in [0.05, 0.1) is 5.56 Å². The third kappa shape index (κ3) is 2.05. The molecule has 1 heterocycles. The molecule has 1 amide bonds. The fourth-order valence-electron chi connectivity index (χ4n) is 1.38. The monoisotopic (exact) mass is 228 g/mol. The van der Waals surface area contributed by atoms with Crippen molar-refractivity contribution in [3.8, 4) is 0 Å². The van der Waals surface area contributed by atoms with Crippen molar-refractivity contribution >= 4 is 17.8 Å². The fraction of sp³-hybridized carbons (Fsp3) is 0.200. The number of alkyl halides is 3. The summed E-state index contributed by atoms with van der Waals surface area (Å²) in [5.74, 6) is -0.338. The van der Waals surface area contributed by atoms with Crippen molar-refractivity contribution in [1.82, 2.24) is 0 Å².